The normalized spacial score (nSPS) is 24.1. The molecule has 1 aliphatic carbocycles. The van der Waals surface area contributed by atoms with Crippen molar-refractivity contribution < 1.29 is 4.79 Å². The topological polar surface area (TPSA) is 80.9 Å². The third-order valence-corrected chi connectivity index (χ3v) is 5.28. The molecule has 1 saturated heterocycles. The molecule has 0 spiro atoms. The molecule has 3 heterocycles. The van der Waals surface area contributed by atoms with E-state index in [9.17, 15) is 4.79 Å². The Morgan fingerprint density at radius 2 is 2.16 bits per heavy atom. The van der Waals surface area contributed by atoms with Gasteiger partial charge in [-0.25, -0.2) is 4.68 Å². The molecule has 1 amide bonds. The molecule has 0 unspecified atom stereocenters. The lowest BCUT2D eigenvalue weighted by Gasteiger charge is -2.42. The molecule has 4 rings (SSSR count). The van der Waals surface area contributed by atoms with Crippen molar-refractivity contribution in [1.82, 2.24) is 35.0 Å². The van der Waals surface area contributed by atoms with E-state index in [0.717, 1.165) is 37.2 Å². The van der Waals surface area contributed by atoms with Crippen LogP contribution in [0.4, 0.5) is 0 Å². The van der Waals surface area contributed by atoms with Gasteiger partial charge in [-0.15, -0.1) is 5.10 Å². The molecule has 2 fully saturated rings. The minimum Gasteiger partial charge on any atom is -0.330 e. The van der Waals surface area contributed by atoms with Gasteiger partial charge in [0, 0.05) is 44.8 Å². The first-order valence-corrected chi connectivity index (χ1v) is 9.09. The summed E-state index contributed by atoms with van der Waals surface area (Å²) in [6.45, 7) is 3.57. The predicted octanol–water partition coefficient (Wildman–Crippen LogP) is 1.02. The van der Waals surface area contributed by atoms with Crippen molar-refractivity contribution in [3.8, 4) is 0 Å². The van der Waals surface area contributed by atoms with E-state index in [2.05, 4.69) is 32.6 Å². The number of carbonyl (C=O) groups is 1. The SMILES string of the molecule is CCn1nncc1CN[C@@H]1CCC(=O)N(C2CC2)[C@H]1c1ccnn1C. The molecule has 8 heteroatoms. The molecule has 1 N–H and O–H groups in total. The predicted molar refractivity (Wildman–Crippen MR) is 91.4 cm³/mol. The number of aryl methyl sites for hydroxylation is 2. The zero-order valence-corrected chi connectivity index (χ0v) is 14.8. The molecular weight excluding hydrogens is 318 g/mol. The third kappa shape index (κ3) is 3.06. The fraction of sp³-hybridized carbons (Fsp3) is 0.647. The molecule has 2 aromatic heterocycles. The van der Waals surface area contributed by atoms with Crippen LogP contribution in [0.15, 0.2) is 18.5 Å². The quantitative estimate of drug-likeness (QED) is 0.847. The number of piperidine rings is 1. The summed E-state index contributed by atoms with van der Waals surface area (Å²) in [5.41, 5.74) is 2.17. The summed E-state index contributed by atoms with van der Waals surface area (Å²) in [6.07, 6.45) is 7.28. The summed E-state index contributed by atoms with van der Waals surface area (Å²) < 4.78 is 3.80. The molecule has 25 heavy (non-hydrogen) atoms. The van der Waals surface area contributed by atoms with Crippen molar-refractivity contribution in [2.45, 2.75) is 63.8 Å². The summed E-state index contributed by atoms with van der Waals surface area (Å²) in [6, 6.07) is 2.66. The standard InChI is InChI=1S/C17H25N7O/c1-3-23-13(11-19-21-23)10-18-14-6-7-16(25)24(12-4-5-12)17(14)15-8-9-20-22(15)2/h8-9,11-12,14,17-18H,3-7,10H2,1-2H3/t14-,17-/m1/s1. The van der Waals surface area contributed by atoms with Crippen LogP contribution in [0.3, 0.4) is 0 Å². The number of aromatic nitrogens is 5. The Balaban J connectivity index is 1.58. The summed E-state index contributed by atoms with van der Waals surface area (Å²) in [5, 5.41) is 16.1. The van der Waals surface area contributed by atoms with Gasteiger partial charge in [0.25, 0.3) is 0 Å². The molecule has 134 valence electrons. The number of amides is 1. The highest BCUT2D eigenvalue weighted by Crippen LogP contribution is 2.40. The Bertz CT molecular complexity index is 748. The van der Waals surface area contributed by atoms with Crippen LogP contribution in [0.25, 0.3) is 0 Å². The van der Waals surface area contributed by atoms with Gasteiger partial charge in [0.2, 0.25) is 5.91 Å². The van der Waals surface area contributed by atoms with E-state index in [0.29, 0.717) is 19.0 Å². The van der Waals surface area contributed by atoms with Crippen LogP contribution in [-0.4, -0.2) is 47.7 Å². The number of likely N-dealkylation sites (tertiary alicyclic amines) is 1. The minimum atomic E-state index is 0.0345. The van der Waals surface area contributed by atoms with Crippen LogP contribution in [0.5, 0.6) is 0 Å². The van der Waals surface area contributed by atoms with Gasteiger partial charge in [0.15, 0.2) is 0 Å². The third-order valence-electron chi connectivity index (χ3n) is 5.28. The number of hydrogen-bond donors (Lipinski definition) is 1. The second kappa shape index (κ2) is 6.59. The number of nitrogens with one attached hydrogen (secondary N) is 1. The van der Waals surface area contributed by atoms with Crippen LogP contribution >= 0.6 is 0 Å². The lowest BCUT2D eigenvalue weighted by molar-refractivity contribution is -0.138. The van der Waals surface area contributed by atoms with Gasteiger partial charge >= 0.3 is 0 Å². The van der Waals surface area contributed by atoms with Crippen LogP contribution < -0.4 is 5.32 Å². The first-order chi connectivity index (χ1) is 12.2. The van der Waals surface area contributed by atoms with E-state index < -0.39 is 0 Å². The number of rotatable bonds is 6. The van der Waals surface area contributed by atoms with Crippen molar-refractivity contribution in [1.29, 1.82) is 0 Å². The van der Waals surface area contributed by atoms with E-state index in [1.807, 2.05) is 34.9 Å². The van der Waals surface area contributed by atoms with E-state index in [1.54, 1.807) is 0 Å². The smallest absolute Gasteiger partial charge is 0.223 e. The summed E-state index contributed by atoms with van der Waals surface area (Å²) in [7, 11) is 1.95. The second-order valence-electron chi connectivity index (χ2n) is 6.92. The number of carbonyl (C=O) groups excluding carboxylic acids is 1. The Morgan fingerprint density at radius 3 is 2.84 bits per heavy atom. The summed E-state index contributed by atoms with van der Waals surface area (Å²) in [5.74, 6) is 0.270. The molecule has 0 aromatic carbocycles. The molecule has 0 radical (unpaired) electrons. The second-order valence-corrected chi connectivity index (χ2v) is 6.92. The van der Waals surface area contributed by atoms with Crippen LogP contribution in [-0.2, 0) is 24.9 Å². The molecule has 2 aliphatic rings. The molecule has 1 saturated carbocycles. The number of hydrogen-bond acceptors (Lipinski definition) is 5. The van der Waals surface area contributed by atoms with Crippen molar-refractivity contribution in [3.05, 3.63) is 29.8 Å². The highest BCUT2D eigenvalue weighted by Gasteiger charge is 2.45. The maximum Gasteiger partial charge on any atom is 0.223 e. The Kier molecular flexibility index (Phi) is 4.29. The van der Waals surface area contributed by atoms with Gasteiger partial charge < -0.3 is 10.2 Å². The van der Waals surface area contributed by atoms with Gasteiger partial charge in [-0.3, -0.25) is 9.48 Å². The lowest BCUT2D eigenvalue weighted by atomic mass is 9.92. The zero-order valence-electron chi connectivity index (χ0n) is 14.8. The van der Waals surface area contributed by atoms with E-state index in [4.69, 9.17) is 0 Å². The fourth-order valence-electron chi connectivity index (χ4n) is 3.85. The Morgan fingerprint density at radius 1 is 1.32 bits per heavy atom. The summed E-state index contributed by atoms with van der Waals surface area (Å²) >= 11 is 0. The van der Waals surface area contributed by atoms with E-state index in [1.165, 1.54) is 0 Å². The largest absolute Gasteiger partial charge is 0.330 e. The van der Waals surface area contributed by atoms with Crippen LogP contribution in [0, 0.1) is 0 Å². The zero-order chi connectivity index (χ0) is 17.4. The minimum absolute atomic E-state index is 0.0345. The van der Waals surface area contributed by atoms with Gasteiger partial charge in [0.05, 0.1) is 23.6 Å². The van der Waals surface area contributed by atoms with Gasteiger partial charge in [-0.2, -0.15) is 5.10 Å². The van der Waals surface area contributed by atoms with E-state index >= 15 is 0 Å². The summed E-state index contributed by atoms with van der Waals surface area (Å²) in [4.78, 5) is 14.7. The van der Waals surface area contributed by atoms with Crippen LogP contribution in [0.1, 0.15) is 50.0 Å². The van der Waals surface area contributed by atoms with Gasteiger partial charge in [-0.1, -0.05) is 5.21 Å². The lowest BCUT2D eigenvalue weighted by Crippen LogP contribution is -2.52. The highest BCUT2D eigenvalue weighted by atomic mass is 16.2. The van der Waals surface area contributed by atoms with Crippen molar-refractivity contribution in [3.63, 3.8) is 0 Å². The average Bonchev–Trinajstić information content (AvgIpc) is 3.19. The Hall–Kier alpha value is -2.22. The van der Waals surface area contributed by atoms with Crippen molar-refractivity contribution in [2.24, 2.45) is 7.05 Å². The van der Waals surface area contributed by atoms with E-state index in [-0.39, 0.29) is 18.0 Å². The molecule has 2 atom stereocenters. The molecular formula is C17H25N7O. The maximum atomic E-state index is 12.6. The first-order valence-electron chi connectivity index (χ1n) is 9.09. The van der Waals surface area contributed by atoms with Crippen molar-refractivity contribution >= 4 is 5.91 Å². The van der Waals surface area contributed by atoms with Crippen LogP contribution in [0.2, 0.25) is 0 Å². The van der Waals surface area contributed by atoms with Gasteiger partial charge in [0.1, 0.15) is 0 Å². The maximum absolute atomic E-state index is 12.6. The van der Waals surface area contributed by atoms with Gasteiger partial charge in [-0.05, 0) is 32.3 Å². The monoisotopic (exact) mass is 343 g/mol. The first kappa shape index (κ1) is 16.3. The molecule has 8 nitrogen and oxygen atoms in total. The fourth-order valence-corrected chi connectivity index (χ4v) is 3.85. The Labute approximate surface area is 147 Å². The molecule has 0 bridgehead atoms. The van der Waals surface area contributed by atoms with Crippen molar-refractivity contribution in [2.75, 3.05) is 0 Å². The highest BCUT2D eigenvalue weighted by molar-refractivity contribution is 5.78. The molecule has 1 aliphatic heterocycles. The average molecular weight is 343 g/mol. The molecule has 2 aromatic rings. The number of nitrogens with zero attached hydrogens (tertiary/aromatic N) is 6.